The first-order valence-corrected chi connectivity index (χ1v) is 7.45. The number of aryl methyl sites for hydroxylation is 1. The van der Waals surface area contributed by atoms with Crippen molar-refractivity contribution in [3.63, 3.8) is 0 Å². The van der Waals surface area contributed by atoms with Gasteiger partial charge in [-0.15, -0.1) is 5.10 Å². The molecule has 2 N–H and O–H groups in total. The normalized spacial score (nSPS) is 10.9. The molecule has 2 heterocycles. The van der Waals surface area contributed by atoms with Crippen molar-refractivity contribution in [1.82, 2.24) is 25.2 Å². The number of fused-ring (bicyclic) bond motifs is 1. The molecule has 1 amide bonds. The van der Waals surface area contributed by atoms with Crippen LogP contribution < -0.4 is 5.32 Å². The van der Waals surface area contributed by atoms with Gasteiger partial charge in [-0.25, -0.2) is 0 Å². The fourth-order valence-electron chi connectivity index (χ4n) is 2.64. The summed E-state index contributed by atoms with van der Waals surface area (Å²) in [5.74, 6) is 0.473. The van der Waals surface area contributed by atoms with Gasteiger partial charge in [0.25, 0.3) is 5.91 Å². The lowest BCUT2D eigenvalue weighted by atomic mass is 10.1. The molecule has 0 spiro atoms. The van der Waals surface area contributed by atoms with Gasteiger partial charge < -0.3 is 10.3 Å². The van der Waals surface area contributed by atoms with Gasteiger partial charge in [0.2, 0.25) is 0 Å². The van der Waals surface area contributed by atoms with E-state index in [2.05, 4.69) is 25.8 Å². The molecule has 0 saturated carbocycles. The lowest BCUT2D eigenvalue weighted by Crippen LogP contribution is -2.12. The maximum atomic E-state index is 12.6. The van der Waals surface area contributed by atoms with Crippen molar-refractivity contribution in [1.29, 1.82) is 0 Å². The Hall–Kier alpha value is -3.48. The molecule has 0 aliphatic carbocycles. The van der Waals surface area contributed by atoms with Crippen molar-refractivity contribution in [2.24, 2.45) is 0 Å². The highest BCUT2D eigenvalue weighted by molar-refractivity contribution is 6.09. The van der Waals surface area contributed by atoms with Gasteiger partial charge in [0.05, 0.1) is 11.4 Å². The van der Waals surface area contributed by atoms with Gasteiger partial charge in [0, 0.05) is 22.7 Å². The summed E-state index contributed by atoms with van der Waals surface area (Å²) in [5.41, 5.74) is 3.02. The summed E-state index contributed by atoms with van der Waals surface area (Å²) in [6.07, 6.45) is 1.85. The van der Waals surface area contributed by atoms with E-state index in [1.807, 2.05) is 42.6 Å². The van der Waals surface area contributed by atoms with E-state index in [1.165, 1.54) is 0 Å². The van der Waals surface area contributed by atoms with Gasteiger partial charge >= 0.3 is 0 Å². The first kappa shape index (κ1) is 14.1. The molecule has 0 aliphatic rings. The van der Waals surface area contributed by atoms with Crippen LogP contribution in [0.5, 0.6) is 0 Å². The minimum atomic E-state index is -0.184. The van der Waals surface area contributed by atoms with Crippen LogP contribution in [-0.2, 0) is 0 Å². The maximum Gasteiger partial charge on any atom is 0.255 e. The number of nitrogens with zero attached hydrogens (tertiary/aromatic N) is 4. The summed E-state index contributed by atoms with van der Waals surface area (Å²) in [7, 11) is 0. The smallest absolute Gasteiger partial charge is 0.255 e. The summed E-state index contributed by atoms with van der Waals surface area (Å²) in [4.78, 5) is 15.7. The Labute approximate surface area is 137 Å². The number of aromatic nitrogens is 5. The molecule has 0 radical (unpaired) electrons. The third kappa shape index (κ3) is 2.41. The van der Waals surface area contributed by atoms with Crippen LogP contribution in [0.2, 0.25) is 0 Å². The van der Waals surface area contributed by atoms with Crippen molar-refractivity contribution in [3.05, 3.63) is 66.1 Å². The average molecular weight is 318 g/mol. The van der Waals surface area contributed by atoms with Crippen LogP contribution in [0.3, 0.4) is 0 Å². The molecule has 0 atom stereocenters. The molecule has 7 heteroatoms. The molecule has 4 rings (SSSR count). The Kier molecular flexibility index (Phi) is 3.31. The van der Waals surface area contributed by atoms with Crippen LogP contribution >= 0.6 is 0 Å². The zero-order valence-corrected chi connectivity index (χ0v) is 12.9. The van der Waals surface area contributed by atoms with E-state index in [1.54, 1.807) is 23.7 Å². The van der Waals surface area contributed by atoms with Crippen molar-refractivity contribution >= 4 is 22.5 Å². The largest absolute Gasteiger partial charge is 0.361 e. The minimum absolute atomic E-state index is 0.184. The van der Waals surface area contributed by atoms with Crippen LogP contribution in [0.1, 0.15) is 16.2 Å². The summed E-state index contributed by atoms with van der Waals surface area (Å²) in [5, 5.41) is 15.3. The molecule has 2 aromatic heterocycles. The Morgan fingerprint density at radius 1 is 1.17 bits per heavy atom. The van der Waals surface area contributed by atoms with Crippen molar-refractivity contribution in [2.75, 3.05) is 5.32 Å². The summed E-state index contributed by atoms with van der Waals surface area (Å²) < 4.78 is 1.59. The molecule has 0 unspecified atom stereocenters. The second kappa shape index (κ2) is 5.62. The van der Waals surface area contributed by atoms with Gasteiger partial charge in [0.15, 0.2) is 5.82 Å². The van der Waals surface area contributed by atoms with Gasteiger partial charge in [-0.2, -0.15) is 4.68 Å². The number of benzene rings is 2. The predicted octanol–water partition coefficient (Wildman–Crippen LogP) is 2.70. The molecule has 0 saturated heterocycles. The average Bonchev–Trinajstić information content (AvgIpc) is 3.24. The van der Waals surface area contributed by atoms with Crippen molar-refractivity contribution in [2.45, 2.75) is 6.92 Å². The van der Waals surface area contributed by atoms with E-state index >= 15 is 0 Å². The van der Waals surface area contributed by atoms with E-state index in [0.29, 0.717) is 11.4 Å². The number of amides is 1. The van der Waals surface area contributed by atoms with Gasteiger partial charge in [-0.3, -0.25) is 4.79 Å². The first-order chi connectivity index (χ1) is 11.7. The quantitative estimate of drug-likeness (QED) is 0.608. The summed E-state index contributed by atoms with van der Waals surface area (Å²) in [6, 6.07) is 14.9. The molecule has 0 bridgehead atoms. The Morgan fingerprint density at radius 2 is 2.04 bits per heavy atom. The Morgan fingerprint density at radius 3 is 2.88 bits per heavy atom. The second-order valence-electron chi connectivity index (χ2n) is 5.39. The van der Waals surface area contributed by atoms with E-state index < -0.39 is 0 Å². The Bertz CT molecular complexity index is 1030. The highest BCUT2D eigenvalue weighted by atomic mass is 16.1. The zero-order valence-electron chi connectivity index (χ0n) is 12.9. The molecular formula is C17H14N6O. The van der Waals surface area contributed by atoms with Crippen LogP contribution in [0.4, 0.5) is 5.69 Å². The third-order valence-electron chi connectivity index (χ3n) is 3.82. The minimum Gasteiger partial charge on any atom is -0.361 e. The van der Waals surface area contributed by atoms with Crippen molar-refractivity contribution in [3.8, 4) is 5.69 Å². The number of hydrogen-bond acceptors (Lipinski definition) is 4. The molecule has 24 heavy (non-hydrogen) atoms. The number of rotatable bonds is 3. The number of H-pyrrole nitrogens is 1. The fraction of sp³-hybridized carbons (Fsp3) is 0.0588. The zero-order chi connectivity index (χ0) is 16.5. The first-order valence-electron chi connectivity index (χ1n) is 7.45. The number of anilines is 1. The molecule has 4 aromatic rings. The second-order valence-corrected chi connectivity index (χ2v) is 5.39. The highest BCUT2D eigenvalue weighted by Gasteiger charge is 2.11. The highest BCUT2D eigenvalue weighted by Crippen LogP contribution is 2.23. The van der Waals surface area contributed by atoms with Gasteiger partial charge in [-0.05, 0) is 53.7 Å². The standard InChI is InChI=1S/C17H14N6O/c1-11-20-21-22-23(11)13-5-2-4-12(10-13)17(24)19-16-7-3-6-15-14(16)8-9-18-15/h2-10,18H,1H3,(H,19,24). The van der Waals surface area contributed by atoms with E-state index in [9.17, 15) is 4.79 Å². The number of aromatic amines is 1. The van der Waals surface area contributed by atoms with Crippen LogP contribution in [-0.4, -0.2) is 31.1 Å². The molecule has 0 aliphatic heterocycles. The van der Waals surface area contributed by atoms with E-state index in [-0.39, 0.29) is 5.91 Å². The molecule has 0 fully saturated rings. The Balaban J connectivity index is 1.66. The molecule has 2 aromatic carbocycles. The van der Waals surface area contributed by atoms with Gasteiger partial charge in [-0.1, -0.05) is 12.1 Å². The monoisotopic (exact) mass is 318 g/mol. The lowest BCUT2D eigenvalue weighted by molar-refractivity contribution is 0.102. The predicted molar refractivity (Wildman–Crippen MR) is 90.1 cm³/mol. The van der Waals surface area contributed by atoms with Crippen LogP contribution in [0, 0.1) is 6.92 Å². The van der Waals surface area contributed by atoms with Crippen LogP contribution in [0.15, 0.2) is 54.7 Å². The topological polar surface area (TPSA) is 88.5 Å². The van der Waals surface area contributed by atoms with E-state index in [0.717, 1.165) is 22.3 Å². The summed E-state index contributed by atoms with van der Waals surface area (Å²) >= 11 is 0. The molecule has 7 nitrogen and oxygen atoms in total. The number of carbonyl (C=O) groups is 1. The van der Waals surface area contributed by atoms with Crippen molar-refractivity contribution < 1.29 is 4.79 Å². The molecular weight excluding hydrogens is 304 g/mol. The number of hydrogen-bond donors (Lipinski definition) is 2. The summed E-state index contributed by atoms with van der Waals surface area (Å²) in [6.45, 7) is 1.80. The number of carbonyl (C=O) groups excluding carboxylic acids is 1. The number of nitrogens with one attached hydrogen (secondary N) is 2. The number of tetrazole rings is 1. The SMILES string of the molecule is Cc1nnnn1-c1cccc(C(=O)Nc2cccc3[nH]ccc23)c1. The van der Waals surface area contributed by atoms with E-state index in [4.69, 9.17) is 0 Å². The van der Waals surface area contributed by atoms with Gasteiger partial charge in [0.1, 0.15) is 0 Å². The fourth-order valence-corrected chi connectivity index (χ4v) is 2.64. The third-order valence-corrected chi connectivity index (χ3v) is 3.82. The maximum absolute atomic E-state index is 12.6. The lowest BCUT2D eigenvalue weighted by Gasteiger charge is -2.08. The van der Waals surface area contributed by atoms with Crippen LogP contribution in [0.25, 0.3) is 16.6 Å². The molecule has 118 valence electrons.